The Kier molecular flexibility index (Phi) is 4.28. The SMILES string of the molecule is O=C(c1ccc(Br)cc1)[C@@H]1[C@H]2CCCN2[C@]2(C(=O)Nc3ccccc32)[C@@]12C(=O)Nc1ccccc12. The largest absolute Gasteiger partial charge is 0.325 e. The number of nitrogens with zero attached hydrogens (tertiary/aromatic N) is 1. The number of hydrogen-bond donors (Lipinski definition) is 2. The first-order chi connectivity index (χ1) is 17.0. The van der Waals surface area contributed by atoms with E-state index in [2.05, 4.69) is 31.5 Å². The third-order valence-corrected chi connectivity index (χ3v) is 8.94. The number of amides is 2. The van der Waals surface area contributed by atoms with Crippen molar-refractivity contribution < 1.29 is 14.4 Å². The van der Waals surface area contributed by atoms with Crippen LogP contribution >= 0.6 is 15.9 Å². The number of hydrogen-bond acceptors (Lipinski definition) is 4. The average Bonchev–Trinajstić information content (AvgIpc) is 3.58. The van der Waals surface area contributed by atoms with E-state index < -0.39 is 16.9 Å². The maximum absolute atomic E-state index is 14.4. The lowest BCUT2D eigenvalue weighted by Crippen LogP contribution is -2.62. The molecule has 0 unspecified atom stereocenters. The third kappa shape index (κ3) is 2.35. The summed E-state index contributed by atoms with van der Waals surface area (Å²) in [6, 6.07) is 22.2. The number of ketones is 1. The minimum atomic E-state index is -1.39. The number of carbonyl (C=O) groups is 3. The second kappa shape index (κ2) is 7.12. The number of rotatable bonds is 2. The fraction of sp³-hybridized carbons (Fsp3) is 0.250. The third-order valence-electron chi connectivity index (χ3n) is 8.42. The summed E-state index contributed by atoms with van der Waals surface area (Å²) in [7, 11) is 0. The number of carbonyl (C=O) groups excluding carboxylic acids is 3. The molecule has 35 heavy (non-hydrogen) atoms. The van der Waals surface area contributed by atoms with Gasteiger partial charge in [-0.15, -0.1) is 0 Å². The van der Waals surface area contributed by atoms with Gasteiger partial charge in [0.25, 0.3) is 5.91 Å². The highest BCUT2D eigenvalue weighted by atomic mass is 79.9. The molecule has 6 nitrogen and oxygen atoms in total. The van der Waals surface area contributed by atoms with Gasteiger partial charge in [-0.2, -0.15) is 0 Å². The molecule has 2 amide bonds. The van der Waals surface area contributed by atoms with Gasteiger partial charge in [0, 0.05) is 33.0 Å². The molecule has 2 saturated heterocycles. The summed E-state index contributed by atoms with van der Waals surface area (Å²) in [5.41, 5.74) is 0.717. The van der Waals surface area contributed by atoms with Crippen LogP contribution in [-0.4, -0.2) is 35.1 Å². The molecular weight excluding hydrogens is 506 g/mol. The summed E-state index contributed by atoms with van der Waals surface area (Å²) in [6.45, 7) is 0.647. The van der Waals surface area contributed by atoms with Gasteiger partial charge >= 0.3 is 0 Å². The maximum atomic E-state index is 14.4. The number of anilines is 2. The molecule has 4 atom stereocenters. The van der Waals surface area contributed by atoms with E-state index in [1.165, 1.54) is 0 Å². The normalized spacial score (nSPS) is 30.3. The van der Waals surface area contributed by atoms with Crippen LogP contribution in [0.2, 0.25) is 0 Å². The van der Waals surface area contributed by atoms with Crippen LogP contribution in [0.3, 0.4) is 0 Å². The first kappa shape index (κ1) is 21.0. The second-order valence-corrected chi connectivity index (χ2v) is 10.7. The monoisotopic (exact) mass is 527 g/mol. The van der Waals surface area contributed by atoms with Crippen LogP contribution in [0.25, 0.3) is 0 Å². The zero-order valence-electron chi connectivity index (χ0n) is 18.8. The summed E-state index contributed by atoms with van der Waals surface area (Å²) in [4.78, 5) is 45.1. The molecule has 0 aromatic heterocycles. The summed E-state index contributed by atoms with van der Waals surface area (Å²) in [5.74, 6) is -1.33. The van der Waals surface area contributed by atoms with Crippen molar-refractivity contribution in [1.82, 2.24) is 4.90 Å². The summed E-state index contributed by atoms with van der Waals surface area (Å²) >= 11 is 3.45. The Morgan fingerprint density at radius 3 is 2.23 bits per heavy atom. The molecule has 0 aliphatic carbocycles. The highest BCUT2D eigenvalue weighted by molar-refractivity contribution is 9.10. The predicted octanol–water partition coefficient (Wildman–Crippen LogP) is 4.46. The molecule has 0 radical (unpaired) electrons. The smallest absolute Gasteiger partial charge is 0.251 e. The molecule has 2 fully saturated rings. The number of fused-ring (bicyclic) bond motifs is 7. The number of benzene rings is 3. The van der Waals surface area contributed by atoms with Crippen LogP contribution in [0.15, 0.2) is 77.3 Å². The van der Waals surface area contributed by atoms with Gasteiger partial charge < -0.3 is 10.6 Å². The molecule has 2 spiro atoms. The molecule has 3 aromatic rings. The maximum Gasteiger partial charge on any atom is 0.251 e. The standard InChI is InChI=1S/C28H22BrN3O3/c29-17-13-11-16(12-14-17)24(33)23-22-10-5-15-32(22)28(19-7-2-4-9-21(19)31-26(28)35)27(23)18-6-1-3-8-20(18)30-25(27)34/h1-4,6-9,11-14,22-23H,5,10,15H2,(H,30,34)(H,31,35)/t22-,23+,27-,28-/m1/s1. The van der Waals surface area contributed by atoms with E-state index in [-0.39, 0.29) is 23.6 Å². The lowest BCUT2D eigenvalue weighted by Gasteiger charge is -2.43. The van der Waals surface area contributed by atoms with Crippen LogP contribution in [0.4, 0.5) is 11.4 Å². The Bertz CT molecular complexity index is 1440. The number of nitrogens with one attached hydrogen (secondary N) is 2. The van der Waals surface area contributed by atoms with Crippen molar-refractivity contribution in [2.45, 2.75) is 29.8 Å². The highest BCUT2D eigenvalue weighted by Crippen LogP contribution is 2.67. The van der Waals surface area contributed by atoms with Crippen molar-refractivity contribution in [2.24, 2.45) is 5.92 Å². The molecule has 2 N–H and O–H groups in total. The Morgan fingerprint density at radius 1 is 0.857 bits per heavy atom. The predicted molar refractivity (Wildman–Crippen MR) is 135 cm³/mol. The van der Waals surface area contributed by atoms with Crippen molar-refractivity contribution in [3.63, 3.8) is 0 Å². The quantitative estimate of drug-likeness (QED) is 0.482. The first-order valence-corrected chi connectivity index (χ1v) is 12.7. The highest BCUT2D eigenvalue weighted by Gasteiger charge is 2.81. The Morgan fingerprint density at radius 2 is 1.49 bits per heavy atom. The van der Waals surface area contributed by atoms with Crippen LogP contribution < -0.4 is 10.6 Å². The fourth-order valence-electron chi connectivity index (χ4n) is 7.33. The van der Waals surface area contributed by atoms with Gasteiger partial charge in [-0.3, -0.25) is 19.3 Å². The summed E-state index contributed by atoms with van der Waals surface area (Å²) in [5, 5.41) is 6.14. The second-order valence-electron chi connectivity index (χ2n) is 9.77. The van der Waals surface area contributed by atoms with E-state index in [0.717, 1.165) is 28.4 Å². The molecule has 174 valence electrons. The van der Waals surface area contributed by atoms with Crippen LogP contribution in [0.5, 0.6) is 0 Å². The molecule has 7 heteroatoms. The van der Waals surface area contributed by atoms with Gasteiger partial charge in [0.1, 0.15) is 11.0 Å². The summed E-state index contributed by atoms with van der Waals surface area (Å²) < 4.78 is 0.877. The van der Waals surface area contributed by atoms with E-state index in [1.54, 1.807) is 12.1 Å². The van der Waals surface area contributed by atoms with E-state index >= 15 is 0 Å². The zero-order chi connectivity index (χ0) is 23.9. The number of Topliss-reactive ketones (excluding diaryl/α,β-unsaturated/α-hetero) is 1. The molecule has 3 aromatic carbocycles. The van der Waals surface area contributed by atoms with Crippen molar-refractivity contribution in [3.05, 3.63) is 94.0 Å². The van der Waals surface area contributed by atoms with Crippen LogP contribution in [0.1, 0.15) is 34.3 Å². The van der Waals surface area contributed by atoms with Gasteiger partial charge in [0.05, 0.1) is 5.92 Å². The van der Waals surface area contributed by atoms with Crippen LogP contribution in [0, 0.1) is 5.92 Å². The van der Waals surface area contributed by atoms with Crippen molar-refractivity contribution in [2.75, 3.05) is 17.2 Å². The Labute approximate surface area is 210 Å². The van der Waals surface area contributed by atoms with Crippen molar-refractivity contribution in [1.29, 1.82) is 0 Å². The summed E-state index contributed by atoms with van der Waals surface area (Å²) in [6.07, 6.45) is 1.62. The molecule has 4 heterocycles. The van der Waals surface area contributed by atoms with Crippen LogP contribution in [-0.2, 0) is 20.5 Å². The van der Waals surface area contributed by atoms with Gasteiger partial charge in [-0.1, -0.05) is 64.5 Å². The lowest BCUT2D eigenvalue weighted by atomic mass is 9.57. The Balaban J connectivity index is 1.58. The van der Waals surface area contributed by atoms with E-state index in [9.17, 15) is 14.4 Å². The molecule has 0 bridgehead atoms. The average molecular weight is 528 g/mol. The first-order valence-electron chi connectivity index (χ1n) is 11.9. The molecule has 4 aliphatic heterocycles. The molecule has 0 saturated carbocycles. The van der Waals surface area contributed by atoms with Gasteiger partial charge in [-0.25, -0.2) is 0 Å². The Hall–Kier alpha value is -3.29. The molecule has 4 aliphatic rings. The zero-order valence-corrected chi connectivity index (χ0v) is 20.3. The van der Waals surface area contributed by atoms with E-state index in [1.807, 2.05) is 60.7 Å². The number of halogens is 1. The van der Waals surface area contributed by atoms with Crippen molar-refractivity contribution >= 4 is 44.9 Å². The fourth-order valence-corrected chi connectivity index (χ4v) is 7.59. The van der Waals surface area contributed by atoms with E-state index in [4.69, 9.17) is 0 Å². The number of para-hydroxylation sites is 2. The minimum absolute atomic E-state index is 0.102. The minimum Gasteiger partial charge on any atom is -0.325 e. The van der Waals surface area contributed by atoms with E-state index in [0.29, 0.717) is 23.5 Å². The van der Waals surface area contributed by atoms with Gasteiger partial charge in [0.15, 0.2) is 5.78 Å². The van der Waals surface area contributed by atoms with Crippen molar-refractivity contribution in [3.8, 4) is 0 Å². The van der Waals surface area contributed by atoms with Gasteiger partial charge in [0.2, 0.25) is 5.91 Å². The lowest BCUT2D eigenvalue weighted by molar-refractivity contribution is -0.137. The van der Waals surface area contributed by atoms with Gasteiger partial charge in [-0.05, 0) is 49.2 Å². The molecule has 7 rings (SSSR count). The topological polar surface area (TPSA) is 78.5 Å². The molecular formula is C28H22BrN3O3.